The van der Waals surface area contributed by atoms with E-state index in [1.807, 2.05) is 6.92 Å². The lowest BCUT2D eigenvalue weighted by molar-refractivity contribution is 0.0373. The second-order valence-electron chi connectivity index (χ2n) is 5.37. The molecule has 0 aliphatic carbocycles. The van der Waals surface area contributed by atoms with E-state index < -0.39 is 0 Å². The first kappa shape index (κ1) is 18.9. The molecule has 0 aliphatic rings. The predicted octanol–water partition coefficient (Wildman–Crippen LogP) is 3.85. The molecule has 0 radical (unpaired) electrons. The van der Waals surface area contributed by atoms with E-state index in [2.05, 4.69) is 12.2 Å². The Labute approximate surface area is 120 Å². The number of unbranched alkanes of at least 4 members (excludes halogenated alkanes) is 9. The zero-order valence-electron chi connectivity index (χ0n) is 13.1. The summed E-state index contributed by atoms with van der Waals surface area (Å²) in [6.45, 7) is 5.87. The maximum Gasteiger partial charge on any atom is 0.105 e. The highest BCUT2D eigenvalue weighted by atomic mass is 16.5. The van der Waals surface area contributed by atoms with Gasteiger partial charge < -0.3 is 9.84 Å². The van der Waals surface area contributed by atoms with E-state index >= 15 is 0 Å². The summed E-state index contributed by atoms with van der Waals surface area (Å²) >= 11 is 0. The summed E-state index contributed by atoms with van der Waals surface area (Å²) in [7, 11) is 0. The van der Waals surface area contributed by atoms with E-state index in [9.17, 15) is 0 Å². The minimum atomic E-state index is 0.0608. The van der Waals surface area contributed by atoms with Crippen molar-refractivity contribution in [1.29, 1.82) is 0 Å². The maximum absolute atomic E-state index is 8.66. The van der Waals surface area contributed by atoms with Crippen LogP contribution in [0, 0.1) is 0 Å². The van der Waals surface area contributed by atoms with Crippen molar-refractivity contribution in [2.75, 3.05) is 19.8 Å². The third-order valence-corrected chi connectivity index (χ3v) is 3.41. The van der Waals surface area contributed by atoms with Gasteiger partial charge in [-0.3, -0.25) is 5.32 Å². The standard InChI is InChI=1S/C16H35NO2/c1-3-4-5-6-7-8-9-10-11-12-15-19-16(2)17-13-14-18/h16-18H,3-15H2,1-2H3. The van der Waals surface area contributed by atoms with Crippen LogP contribution in [0.4, 0.5) is 0 Å². The molecule has 3 nitrogen and oxygen atoms in total. The van der Waals surface area contributed by atoms with E-state index in [0.29, 0.717) is 6.54 Å². The summed E-state index contributed by atoms with van der Waals surface area (Å²) < 4.78 is 5.59. The Hall–Kier alpha value is -0.120. The van der Waals surface area contributed by atoms with E-state index in [-0.39, 0.29) is 12.8 Å². The van der Waals surface area contributed by atoms with Crippen molar-refractivity contribution >= 4 is 0 Å². The van der Waals surface area contributed by atoms with Crippen molar-refractivity contribution in [3.8, 4) is 0 Å². The summed E-state index contributed by atoms with van der Waals surface area (Å²) in [6, 6.07) is 0. The van der Waals surface area contributed by atoms with Crippen LogP contribution < -0.4 is 5.32 Å². The molecule has 0 aliphatic heterocycles. The Morgan fingerprint density at radius 2 is 1.42 bits per heavy atom. The second-order valence-corrected chi connectivity index (χ2v) is 5.37. The molecule has 2 N–H and O–H groups in total. The van der Waals surface area contributed by atoms with Crippen molar-refractivity contribution in [2.45, 2.75) is 84.3 Å². The van der Waals surface area contributed by atoms with Crippen LogP contribution in [0.3, 0.4) is 0 Å². The highest BCUT2D eigenvalue weighted by Crippen LogP contribution is 2.10. The molecule has 1 unspecified atom stereocenters. The van der Waals surface area contributed by atoms with Gasteiger partial charge in [0, 0.05) is 13.2 Å². The van der Waals surface area contributed by atoms with E-state index in [4.69, 9.17) is 9.84 Å². The number of ether oxygens (including phenoxy) is 1. The van der Waals surface area contributed by atoms with Crippen LogP contribution in [0.1, 0.15) is 78.1 Å². The molecule has 116 valence electrons. The molecule has 0 aromatic carbocycles. The summed E-state index contributed by atoms with van der Waals surface area (Å²) in [5.74, 6) is 0. The Morgan fingerprint density at radius 3 is 1.95 bits per heavy atom. The number of aliphatic hydroxyl groups excluding tert-OH is 1. The highest BCUT2D eigenvalue weighted by Gasteiger charge is 1.99. The molecular weight excluding hydrogens is 238 g/mol. The second kappa shape index (κ2) is 15.9. The van der Waals surface area contributed by atoms with Crippen molar-refractivity contribution in [1.82, 2.24) is 5.32 Å². The molecule has 0 saturated carbocycles. The van der Waals surface area contributed by atoms with Crippen molar-refractivity contribution in [3.05, 3.63) is 0 Å². The zero-order chi connectivity index (χ0) is 14.2. The summed E-state index contributed by atoms with van der Waals surface area (Å²) in [5.41, 5.74) is 0. The van der Waals surface area contributed by atoms with Crippen LogP contribution in [0.15, 0.2) is 0 Å². The molecule has 0 bridgehead atoms. The van der Waals surface area contributed by atoms with Crippen LogP contribution in [0.5, 0.6) is 0 Å². The van der Waals surface area contributed by atoms with E-state index in [1.54, 1.807) is 0 Å². The highest BCUT2D eigenvalue weighted by molar-refractivity contribution is 4.49. The number of hydrogen-bond acceptors (Lipinski definition) is 3. The van der Waals surface area contributed by atoms with Gasteiger partial charge in [-0.1, -0.05) is 64.7 Å². The molecule has 1 atom stereocenters. The van der Waals surface area contributed by atoms with Crippen molar-refractivity contribution in [3.63, 3.8) is 0 Å². The number of aliphatic hydroxyl groups is 1. The van der Waals surface area contributed by atoms with Gasteiger partial charge in [0.2, 0.25) is 0 Å². The largest absolute Gasteiger partial charge is 0.395 e. The van der Waals surface area contributed by atoms with Crippen LogP contribution in [0.25, 0.3) is 0 Å². The SMILES string of the molecule is CCCCCCCCCCCCOC(C)NCCO. The molecule has 3 heteroatoms. The molecule has 0 aromatic heterocycles. The molecule has 0 rings (SSSR count). The van der Waals surface area contributed by atoms with Gasteiger partial charge in [0.15, 0.2) is 0 Å². The average molecular weight is 273 g/mol. The maximum atomic E-state index is 8.66. The molecule has 0 saturated heterocycles. The lowest BCUT2D eigenvalue weighted by atomic mass is 10.1. The first-order valence-electron chi connectivity index (χ1n) is 8.27. The zero-order valence-corrected chi connectivity index (χ0v) is 13.1. The van der Waals surface area contributed by atoms with Crippen molar-refractivity contribution < 1.29 is 9.84 Å². The fourth-order valence-electron chi connectivity index (χ4n) is 2.18. The molecule has 0 aromatic rings. The molecule has 19 heavy (non-hydrogen) atoms. The average Bonchev–Trinajstić information content (AvgIpc) is 2.42. The molecule has 0 fully saturated rings. The van der Waals surface area contributed by atoms with E-state index in [0.717, 1.165) is 13.0 Å². The summed E-state index contributed by atoms with van der Waals surface area (Å²) in [4.78, 5) is 0. The Balaban J connectivity index is 3.02. The van der Waals surface area contributed by atoms with Gasteiger partial charge in [0.25, 0.3) is 0 Å². The fraction of sp³-hybridized carbons (Fsp3) is 1.00. The van der Waals surface area contributed by atoms with Crippen LogP contribution >= 0.6 is 0 Å². The number of rotatable bonds is 15. The molecule has 0 spiro atoms. The van der Waals surface area contributed by atoms with Crippen LogP contribution in [-0.4, -0.2) is 31.1 Å². The van der Waals surface area contributed by atoms with Gasteiger partial charge in [-0.2, -0.15) is 0 Å². The van der Waals surface area contributed by atoms with E-state index in [1.165, 1.54) is 57.8 Å². The topological polar surface area (TPSA) is 41.5 Å². The predicted molar refractivity (Wildman–Crippen MR) is 82.3 cm³/mol. The Bertz CT molecular complexity index is 165. The smallest absolute Gasteiger partial charge is 0.105 e. The summed E-state index contributed by atoms with van der Waals surface area (Å²) in [6.07, 6.45) is 13.6. The van der Waals surface area contributed by atoms with Crippen LogP contribution in [-0.2, 0) is 4.74 Å². The van der Waals surface area contributed by atoms with Gasteiger partial charge in [0.1, 0.15) is 6.23 Å². The number of nitrogens with one attached hydrogen (secondary N) is 1. The van der Waals surface area contributed by atoms with Gasteiger partial charge in [-0.25, -0.2) is 0 Å². The number of hydrogen-bond donors (Lipinski definition) is 2. The van der Waals surface area contributed by atoms with Crippen molar-refractivity contribution in [2.24, 2.45) is 0 Å². The third-order valence-electron chi connectivity index (χ3n) is 3.41. The first-order chi connectivity index (χ1) is 9.31. The third kappa shape index (κ3) is 15.8. The fourth-order valence-corrected chi connectivity index (χ4v) is 2.18. The lowest BCUT2D eigenvalue weighted by Crippen LogP contribution is -2.31. The molecule has 0 heterocycles. The minimum Gasteiger partial charge on any atom is -0.395 e. The lowest BCUT2D eigenvalue weighted by Gasteiger charge is -2.13. The van der Waals surface area contributed by atoms with Gasteiger partial charge in [-0.15, -0.1) is 0 Å². The first-order valence-corrected chi connectivity index (χ1v) is 8.27. The Morgan fingerprint density at radius 1 is 0.895 bits per heavy atom. The quantitative estimate of drug-likeness (QED) is 0.352. The summed E-state index contributed by atoms with van der Waals surface area (Å²) in [5, 5.41) is 11.8. The minimum absolute atomic E-state index is 0.0608. The van der Waals surface area contributed by atoms with Crippen LogP contribution in [0.2, 0.25) is 0 Å². The van der Waals surface area contributed by atoms with Gasteiger partial charge >= 0.3 is 0 Å². The molecule has 0 amide bonds. The normalized spacial score (nSPS) is 12.8. The monoisotopic (exact) mass is 273 g/mol. The molecular formula is C16H35NO2. The Kier molecular flexibility index (Phi) is 15.8. The van der Waals surface area contributed by atoms with Gasteiger partial charge in [0.05, 0.1) is 6.61 Å². The van der Waals surface area contributed by atoms with Gasteiger partial charge in [-0.05, 0) is 13.3 Å².